The summed E-state index contributed by atoms with van der Waals surface area (Å²) in [6.07, 6.45) is 3.29. The molecule has 7 heteroatoms. The van der Waals surface area contributed by atoms with Crippen molar-refractivity contribution in [2.75, 3.05) is 0 Å². The SMILES string of the molecule is Cc1cccc2c(=O)n(CCC(=O)NNC(=O)C3CC3)cnc12. The Balaban J connectivity index is 1.62. The average molecular weight is 314 g/mol. The molecule has 1 aromatic heterocycles. The summed E-state index contributed by atoms with van der Waals surface area (Å²) < 4.78 is 1.41. The zero-order valence-electron chi connectivity index (χ0n) is 12.8. The smallest absolute Gasteiger partial charge is 0.261 e. The number of nitrogens with one attached hydrogen (secondary N) is 2. The number of fused-ring (bicyclic) bond motifs is 1. The summed E-state index contributed by atoms with van der Waals surface area (Å²) in [5, 5.41) is 0.537. The van der Waals surface area contributed by atoms with Gasteiger partial charge in [0.15, 0.2) is 0 Å². The summed E-state index contributed by atoms with van der Waals surface area (Å²) in [6, 6.07) is 5.43. The Bertz CT molecular complexity index is 824. The Hall–Kier alpha value is -2.70. The molecule has 1 aliphatic carbocycles. The van der Waals surface area contributed by atoms with Crippen LogP contribution in [-0.2, 0) is 16.1 Å². The summed E-state index contributed by atoms with van der Waals surface area (Å²) in [7, 11) is 0. The van der Waals surface area contributed by atoms with Gasteiger partial charge >= 0.3 is 0 Å². The van der Waals surface area contributed by atoms with Gasteiger partial charge in [0.05, 0.1) is 17.2 Å². The number of carbonyl (C=O) groups excluding carboxylic acids is 2. The lowest BCUT2D eigenvalue weighted by molar-refractivity contribution is -0.129. The Kier molecular flexibility index (Phi) is 4.10. The Morgan fingerprint density at radius 1 is 1.30 bits per heavy atom. The molecule has 7 nitrogen and oxygen atoms in total. The molecule has 120 valence electrons. The van der Waals surface area contributed by atoms with E-state index in [1.807, 2.05) is 19.1 Å². The maximum absolute atomic E-state index is 12.4. The zero-order valence-corrected chi connectivity index (χ0v) is 12.8. The van der Waals surface area contributed by atoms with E-state index in [-0.39, 0.29) is 36.3 Å². The molecule has 1 aliphatic rings. The Labute approximate surface area is 132 Å². The second-order valence-electron chi connectivity index (χ2n) is 5.78. The summed E-state index contributed by atoms with van der Waals surface area (Å²) in [4.78, 5) is 39.8. The van der Waals surface area contributed by atoms with Gasteiger partial charge in [-0.2, -0.15) is 0 Å². The van der Waals surface area contributed by atoms with Gasteiger partial charge in [-0.1, -0.05) is 12.1 Å². The van der Waals surface area contributed by atoms with Gasteiger partial charge in [0.1, 0.15) is 0 Å². The van der Waals surface area contributed by atoms with Crippen LogP contribution in [0, 0.1) is 12.8 Å². The van der Waals surface area contributed by atoms with Crippen molar-refractivity contribution in [2.24, 2.45) is 5.92 Å². The largest absolute Gasteiger partial charge is 0.298 e. The van der Waals surface area contributed by atoms with E-state index in [0.29, 0.717) is 10.9 Å². The van der Waals surface area contributed by atoms with Gasteiger partial charge in [-0.3, -0.25) is 29.8 Å². The quantitative estimate of drug-likeness (QED) is 0.811. The number of hydrogen-bond donors (Lipinski definition) is 2. The van der Waals surface area contributed by atoms with Crippen molar-refractivity contribution < 1.29 is 9.59 Å². The highest BCUT2D eigenvalue weighted by molar-refractivity contribution is 5.84. The van der Waals surface area contributed by atoms with Gasteiger partial charge < -0.3 is 0 Å². The fraction of sp³-hybridized carbons (Fsp3) is 0.375. The molecule has 0 atom stereocenters. The maximum Gasteiger partial charge on any atom is 0.261 e. The lowest BCUT2D eigenvalue weighted by atomic mass is 10.1. The molecule has 1 aromatic carbocycles. The molecule has 2 N–H and O–H groups in total. The molecule has 23 heavy (non-hydrogen) atoms. The minimum absolute atomic E-state index is 0.0332. The van der Waals surface area contributed by atoms with Gasteiger partial charge in [-0.25, -0.2) is 4.98 Å². The number of hydrogen-bond acceptors (Lipinski definition) is 4. The monoisotopic (exact) mass is 314 g/mol. The average Bonchev–Trinajstić information content (AvgIpc) is 3.37. The van der Waals surface area contributed by atoms with Crippen molar-refractivity contribution in [3.8, 4) is 0 Å². The van der Waals surface area contributed by atoms with Gasteiger partial charge in [-0.05, 0) is 31.4 Å². The van der Waals surface area contributed by atoms with Crippen LogP contribution in [0.25, 0.3) is 10.9 Å². The van der Waals surface area contributed by atoms with Gasteiger partial charge in [0, 0.05) is 18.9 Å². The molecular formula is C16H18N4O3. The minimum Gasteiger partial charge on any atom is -0.298 e. The van der Waals surface area contributed by atoms with Crippen molar-refractivity contribution in [1.82, 2.24) is 20.4 Å². The molecule has 0 bridgehead atoms. The number of aryl methyl sites for hydroxylation is 2. The van der Waals surface area contributed by atoms with Crippen LogP contribution in [0.3, 0.4) is 0 Å². The Morgan fingerprint density at radius 3 is 2.83 bits per heavy atom. The number of amides is 2. The molecule has 1 fully saturated rings. The van der Waals surface area contributed by atoms with Crippen molar-refractivity contribution in [3.63, 3.8) is 0 Å². The minimum atomic E-state index is -0.338. The lowest BCUT2D eigenvalue weighted by Gasteiger charge is -2.09. The van der Waals surface area contributed by atoms with E-state index in [1.54, 1.807) is 6.07 Å². The summed E-state index contributed by atoms with van der Waals surface area (Å²) in [5.41, 5.74) is 6.20. The molecular weight excluding hydrogens is 296 g/mol. The van der Waals surface area contributed by atoms with E-state index < -0.39 is 0 Å². The third-order valence-electron chi connectivity index (χ3n) is 3.91. The van der Waals surface area contributed by atoms with Crippen molar-refractivity contribution in [1.29, 1.82) is 0 Å². The number of rotatable bonds is 4. The van der Waals surface area contributed by atoms with Crippen LogP contribution in [0.15, 0.2) is 29.3 Å². The number of aromatic nitrogens is 2. The molecule has 1 saturated carbocycles. The predicted octanol–water partition coefficient (Wildman–Crippen LogP) is 0.652. The standard InChI is InChI=1S/C16H18N4O3/c1-10-3-2-4-12-14(10)17-9-20(16(12)23)8-7-13(21)18-19-15(22)11-5-6-11/h2-4,9,11H,5-8H2,1H3,(H,18,21)(H,19,22). The first-order chi connectivity index (χ1) is 11.1. The Morgan fingerprint density at radius 2 is 2.09 bits per heavy atom. The van der Waals surface area contributed by atoms with Crippen LogP contribution in [-0.4, -0.2) is 21.4 Å². The number of carbonyl (C=O) groups is 2. The molecule has 0 spiro atoms. The molecule has 0 aliphatic heterocycles. The summed E-state index contributed by atoms with van der Waals surface area (Å²) in [6.45, 7) is 2.11. The number of hydrazine groups is 1. The first-order valence-corrected chi connectivity index (χ1v) is 7.59. The second-order valence-corrected chi connectivity index (χ2v) is 5.78. The summed E-state index contributed by atoms with van der Waals surface area (Å²) >= 11 is 0. The predicted molar refractivity (Wildman–Crippen MR) is 84.4 cm³/mol. The summed E-state index contributed by atoms with van der Waals surface area (Å²) in [5.74, 6) is -0.459. The number of benzene rings is 1. The van der Waals surface area contributed by atoms with Crippen molar-refractivity contribution >= 4 is 22.7 Å². The van der Waals surface area contributed by atoms with E-state index in [1.165, 1.54) is 10.9 Å². The first kappa shape index (κ1) is 15.2. The van der Waals surface area contributed by atoms with Crippen LogP contribution < -0.4 is 16.4 Å². The van der Waals surface area contributed by atoms with Crippen LogP contribution in [0.4, 0.5) is 0 Å². The molecule has 0 unspecified atom stereocenters. The van der Waals surface area contributed by atoms with Crippen molar-refractivity contribution in [3.05, 3.63) is 40.4 Å². The van der Waals surface area contributed by atoms with Crippen LogP contribution in [0.1, 0.15) is 24.8 Å². The van der Waals surface area contributed by atoms with E-state index in [2.05, 4.69) is 15.8 Å². The van der Waals surface area contributed by atoms with Crippen LogP contribution >= 0.6 is 0 Å². The van der Waals surface area contributed by atoms with E-state index >= 15 is 0 Å². The van der Waals surface area contributed by atoms with Crippen LogP contribution in [0.2, 0.25) is 0 Å². The highest BCUT2D eigenvalue weighted by Gasteiger charge is 2.29. The molecule has 1 heterocycles. The van der Waals surface area contributed by atoms with Gasteiger partial charge in [0.25, 0.3) is 5.56 Å². The molecule has 0 radical (unpaired) electrons. The van der Waals surface area contributed by atoms with E-state index in [0.717, 1.165) is 18.4 Å². The number of nitrogens with zero attached hydrogens (tertiary/aromatic N) is 2. The number of para-hydroxylation sites is 1. The highest BCUT2D eigenvalue weighted by Crippen LogP contribution is 2.28. The van der Waals surface area contributed by atoms with E-state index in [9.17, 15) is 14.4 Å². The molecule has 3 rings (SSSR count). The van der Waals surface area contributed by atoms with Crippen LogP contribution in [0.5, 0.6) is 0 Å². The fourth-order valence-electron chi connectivity index (χ4n) is 2.36. The maximum atomic E-state index is 12.4. The van der Waals surface area contributed by atoms with Gasteiger partial charge in [0.2, 0.25) is 11.8 Å². The van der Waals surface area contributed by atoms with Gasteiger partial charge in [-0.15, -0.1) is 0 Å². The highest BCUT2D eigenvalue weighted by atomic mass is 16.2. The van der Waals surface area contributed by atoms with E-state index in [4.69, 9.17) is 0 Å². The topological polar surface area (TPSA) is 93.1 Å². The third kappa shape index (κ3) is 3.39. The molecule has 2 amide bonds. The van der Waals surface area contributed by atoms with Crippen molar-refractivity contribution in [2.45, 2.75) is 32.7 Å². The first-order valence-electron chi connectivity index (χ1n) is 7.59. The third-order valence-corrected chi connectivity index (χ3v) is 3.91. The normalized spacial score (nSPS) is 13.8. The molecule has 2 aromatic rings. The zero-order chi connectivity index (χ0) is 16.4. The second kappa shape index (κ2) is 6.20. The fourth-order valence-corrected chi connectivity index (χ4v) is 2.36. The lowest BCUT2D eigenvalue weighted by Crippen LogP contribution is -2.42. The molecule has 0 saturated heterocycles.